The molecule has 2 N–H and O–H groups in total. The molecule has 1 aliphatic carbocycles. The maximum Gasteiger partial charge on any atom is 0.407 e. The van der Waals surface area contributed by atoms with Gasteiger partial charge in [0.25, 0.3) is 0 Å². The van der Waals surface area contributed by atoms with Crippen LogP contribution in [0.3, 0.4) is 0 Å². The summed E-state index contributed by atoms with van der Waals surface area (Å²) in [5.41, 5.74) is 0.616. The summed E-state index contributed by atoms with van der Waals surface area (Å²) in [6.45, 7) is 7.55. The summed E-state index contributed by atoms with van der Waals surface area (Å²) in [5.74, 6) is 0.120. The summed E-state index contributed by atoms with van der Waals surface area (Å²) in [5, 5.41) is 6.01. The second kappa shape index (κ2) is 8.37. The highest BCUT2D eigenvalue weighted by molar-refractivity contribution is 5.79. The van der Waals surface area contributed by atoms with E-state index < -0.39 is 5.60 Å². The third-order valence-corrected chi connectivity index (χ3v) is 4.48. The van der Waals surface area contributed by atoms with Crippen molar-refractivity contribution in [3.63, 3.8) is 0 Å². The molecule has 0 heterocycles. The number of carbonyl (C=O) groups excluding carboxylic acids is 2. The molecule has 0 aromatic heterocycles. The molecule has 1 fully saturated rings. The first-order valence-electron chi connectivity index (χ1n) is 9.09. The third kappa shape index (κ3) is 6.40. The van der Waals surface area contributed by atoms with Gasteiger partial charge >= 0.3 is 6.09 Å². The Labute approximate surface area is 150 Å². The van der Waals surface area contributed by atoms with Crippen LogP contribution in [0, 0.1) is 5.92 Å². The molecule has 0 bridgehead atoms. The van der Waals surface area contributed by atoms with Gasteiger partial charge in [-0.25, -0.2) is 4.79 Å². The molecule has 2 rings (SSSR count). The molecule has 1 atom stereocenters. The summed E-state index contributed by atoms with van der Waals surface area (Å²) in [6.07, 6.45) is 2.80. The SMILES string of the molecule is C[C@@H](NC(=O)C1CCC(NC(=O)OC(C)(C)C)CC1)c1ccccc1. The minimum absolute atomic E-state index is 0.00584. The van der Waals surface area contributed by atoms with Crippen LogP contribution in [0.5, 0.6) is 0 Å². The Balaban J connectivity index is 1.76. The summed E-state index contributed by atoms with van der Waals surface area (Å²) >= 11 is 0. The lowest BCUT2D eigenvalue weighted by Gasteiger charge is -2.30. The lowest BCUT2D eigenvalue weighted by molar-refractivity contribution is -0.126. The van der Waals surface area contributed by atoms with Crippen LogP contribution < -0.4 is 10.6 Å². The standard InChI is InChI=1S/C20H30N2O3/c1-14(15-8-6-5-7-9-15)21-18(23)16-10-12-17(13-11-16)22-19(24)25-20(2,3)4/h5-9,14,16-17H,10-13H2,1-4H3,(H,21,23)(H,22,24)/t14-,16?,17?/m1/s1. The van der Waals surface area contributed by atoms with Crippen molar-refractivity contribution in [3.8, 4) is 0 Å². The lowest BCUT2D eigenvalue weighted by atomic mass is 9.85. The monoisotopic (exact) mass is 346 g/mol. The number of benzene rings is 1. The number of rotatable bonds is 4. The van der Waals surface area contributed by atoms with Gasteiger partial charge in [0.05, 0.1) is 6.04 Å². The summed E-state index contributed by atoms with van der Waals surface area (Å²) < 4.78 is 5.29. The second-order valence-corrected chi connectivity index (χ2v) is 7.84. The van der Waals surface area contributed by atoms with Gasteiger partial charge in [-0.05, 0) is 58.9 Å². The molecule has 0 radical (unpaired) electrons. The van der Waals surface area contributed by atoms with Gasteiger partial charge in [0.1, 0.15) is 5.60 Å². The van der Waals surface area contributed by atoms with E-state index in [1.54, 1.807) is 0 Å². The number of carbonyl (C=O) groups is 2. The molecule has 1 aliphatic rings. The Hall–Kier alpha value is -2.04. The van der Waals surface area contributed by atoms with Gasteiger partial charge in [0, 0.05) is 12.0 Å². The predicted molar refractivity (Wildman–Crippen MR) is 98.1 cm³/mol. The second-order valence-electron chi connectivity index (χ2n) is 7.84. The molecule has 1 aromatic carbocycles. The van der Waals surface area contributed by atoms with Gasteiger partial charge in [-0.3, -0.25) is 4.79 Å². The normalized spacial score (nSPS) is 21.9. The number of amides is 2. The predicted octanol–water partition coefficient (Wildman–Crippen LogP) is 3.95. The van der Waals surface area contributed by atoms with E-state index in [0.29, 0.717) is 0 Å². The molecule has 0 unspecified atom stereocenters. The molecular weight excluding hydrogens is 316 g/mol. The van der Waals surface area contributed by atoms with Gasteiger partial charge in [0.15, 0.2) is 0 Å². The van der Waals surface area contributed by atoms with Crippen molar-refractivity contribution in [1.82, 2.24) is 10.6 Å². The van der Waals surface area contributed by atoms with Crippen LogP contribution in [-0.4, -0.2) is 23.6 Å². The maximum atomic E-state index is 12.5. The minimum Gasteiger partial charge on any atom is -0.444 e. The quantitative estimate of drug-likeness (QED) is 0.867. The van der Waals surface area contributed by atoms with Gasteiger partial charge in [0.2, 0.25) is 5.91 Å². The Morgan fingerprint density at radius 3 is 2.24 bits per heavy atom. The molecule has 1 aromatic rings. The molecule has 2 amide bonds. The van der Waals surface area contributed by atoms with Crippen molar-refractivity contribution in [2.24, 2.45) is 5.92 Å². The van der Waals surface area contributed by atoms with Crippen molar-refractivity contribution in [2.75, 3.05) is 0 Å². The summed E-state index contributed by atoms with van der Waals surface area (Å²) in [4.78, 5) is 24.3. The minimum atomic E-state index is -0.491. The van der Waals surface area contributed by atoms with E-state index in [-0.39, 0.29) is 30.0 Å². The molecule has 0 spiro atoms. The summed E-state index contributed by atoms with van der Waals surface area (Å²) in [7, 11) is 0. The van der Waals surface area contributed by atoms with Gasteiger partial charge < -0.3 is 15.4 Å². The molecule has 5 nitrogen and oxygen atoms in total. The Kier molecular flexibility index (Phi) is 6.45. The Bertz CT molecular complexity index is 572. The smallest absolute Gasteiger partial charge is 0.407 e. The highest BCUT2D eigenvalue weighted by Gasteiger charge is 2.28. The Morgan fingerprint density at radius 2 is 1.68 bits per heavy atom. The number of ether oxygens (including phenoxy) is 1. The summed E-state index contributed by atoms with van der Waals surface area (Å²) in [6, 6.07) is 10.1. The molecule has 138 valence electrons. The van der Waals surface area contributed by atoms with Gasteiger partial charge in [-0.1, -0.05) is 30.3 Å². The van der Waals surface area contributed by atoms with Crippen LogP contribution in [0.2, 0.25) is 0 Å². The Morgan fingerprint density at radius 1 is 1.08 bits per heavy atom. The van der Waals surface area contributed by atoms with E-state index in [1.807, 2.05) is 58.0 Å². The molecular formula is C20H30N2O3. The zero-order valence-corrected chi connectivity index (χ0v) is 15.7. The van der Waals surface area contributed by atoms with Crippen LogP contribution in [-0.2, 0) is 9.53 Å². The third-order valence-electron chi connectivity index (χ3n) is 4.48. The number of hydrogen-bond donors (Lipinski definition) is 2. The first-order valence-corrected chi connectivity index (χ1v) is 9.09. The van der Waals surface area contributed by atoms with Crippen molar-refractivity contribution in [1.29, 1.82) is 0 Å². The average Bonchev–Trinajstić information content (AvgIpc) is 2.54. The fourth-order valence-corrected chi connectivity index (χ4v) is 3.13. The van der Waals surface area contributed by atoms with Crippen molar-refractivity contribution < 1.29 is 14.3 Å². The highest BCUT2D eigenvalue weighted by Crippen LogP contribution is 2.26. The first kappa shape index (κ1) is 19.3. The van der Waals surface area contributed by atoms with E-state index >= 15 is 0 Å². The van der Waals surface area contributed by atoms with Crippen LogP contribution in [0.15, 0.2) is 30.3 Å². The fourth-order valence-electron chi connectivity index (χ4n) is 3.13. The molecule has 5 heteroatoms. The van der Waals surface area contributed by atoms with Crippen LogP contribution in [0.25, 0.3) is 0 Å². The van der Waals surface area contributed by atoms with Gasteiger partial charge in [-0.15, -0.1) is 0 Å². The van der Waals surface area contributed by atoms with E-state index in [2.05, 4.69) is 10.6 Å². The number of alkyl carbamates (subject to hydrolysis) is 1. The molecule has 25 heavy (non-hydrogen) atoms. The van der Waals surface area contributed by atoms with Crippen LogP contribution in [0.1, 0.15) is 65.0 Å². The topological polar surface area (TPSA) is 67.4 Å². The van der Waals surface area contributed by atoms with Crippen molar-refractivity contribution in [3.05, 3.63) is 35.9 Å². The van der Waals surface area contributed by atoms with Crippen molar-refractivity contribution in [2.45, 2.75) is 71.1 Å². The van der Waals surface area contributed by atoms with Gasteiger partial charge in [-0.2, -0.15) is 0 Å². The largest absolute Gasteiger partial charge is 0.444 e. The van der Waals surface area contributed by atoms with Crippen LogP contribution >= 0.6 is 0 Å². The van der Waals surface area contributed by atoms with E-state index in [0.717, 1.165) is 31.2 Å². The zero-order chi connectivity index (χ0) is 18.4. The van der Waals surface area contributed by atoms with E-state index in [9.17, 15) is 9.59 Å². The van der Waals surface area contributed by atoms with E-state index in [1.165, 1.54) is 0 Å². The fraction of sp³-hybridized carbons (Fsp3) is 0.600. The number of hydrogen-bond acceptors (Lipinski definition) is 3. The van der Waals surface area contributed by atoms with Crippen molar-refractivity contribution >= 4 is 12.0 Å². The maximum absolute atomic E-state index is 12.5. The molecule has 1 saturated carbocycles. The van der Waals surface area contributed by atoms with E-state index in [4.69, 9.17) is 4.74 Å². The van der Waals surface area contributed by atoms with Crippen LogP contribution in [0.4, 0.5) is 4.79 Å². The average molecular weight is 346 g/mol. The highest BCUT2D eigenvalue weighted by atomic mass is 16.6. The molecule has 0 saturated heterocycles. The molecule has 0 aliphatic heterocycles. The zero-order valence-electron chi connectivity index (χ0n) is 15.7. The lowest BCUT2D eigenvalue weighted by Crippen LogP contribution is -2.43. The number of nitrogens with one attached hydrogen (secondary N) is 2. The first-order chi connectivity index (χ1) is 11.7.